The van der Waals surface area contributed by atoms with Crippen LogP contribution in [0.2, 0.25) is 0 Å². The van der Waals surface area contributed by atoms with Gasteiger partial charge in [-0.15, -0.1) is 0 Å². The van der Waals surface area contributed by atoms with E-state index in [9.17, 15) is 4.79 Å². The van der Waals surface area contributed by atoms with E-state index in [0.717, 1.165) is 16.9 Å². The van der Waals surface area contributed by atoms with Gasteiger partial charge in [0.1, 0.15) is 11.5 Å². The van der Waals surface area contributed by atoms with E-state index in [0.29, 0.717) is 22.6 Å². The van der Waals surface area contributed by atoms with Crippen molar-refractivity contribution in [1.29, 1.82) is 0 Å². The van der Waals surface area contributed by atoms with Gasteiger partial charge < -0.3 is 16.2 Å². The molecule has 0 spiro atoms. The third kappa shape index (κ3) is 5.93. The molecule has 32 heavy (non-hydrogen) atoms. The number of rotatable bonds is 8. The number of aliphatic imine (C=N–C) groups is 1. The van der Waals surface area contributed by atoms with Crippen LogP contribution >= 0.6 is 0 Å². The Morgan fingerprint density at radius 2 is 1.38 bits per heavy atom. The fourth-order valence-corrected chi connectivity index (χ4v) is 2.87. The lowest BCUT2D eigenvalue weighted by molar-refractivity contribution is -0.113. The normalized spacial score (nSPS) is 12.0. The number of nitrogens with zero attached hydrogens (tertiary/aromatic N) is 1. The molecule has 7 nitrogen and oxygen atoms in total. The summed E-state index contributed by atoms with van der Waals surface area (Å²) < 4.78 is 5.83. The van der Waals surface area contributed by atoms with Crippen molar-refractivity contribution in [1.82, 2.24) is 0 Å². The number of ether oxygens (including phenoxy) is 1. The van der Waals surface area contributed by atoms with E-state index in [1.165, 1.54) is 6.20 Å². The lowest BCUT2D eigenvalue weighted by atomic mass is 10.1. The summed E-state index contributed by atoms with van der Waals surface area (Å²) in [6.07, 6.45) is 4.61. The standard InChI is InChI=1S/C25H23N5O2/c26-15-23(18-6-8-19(9-7-18)25(29)31)30-16-20(14-24(27)28)17-10-12-22(13-11-17)32-21-4-2-1-3-5-21/h1-16H,26H2,(H3,27,28)(H2,29,31)/p+1/b20-14-,23-15+,30-16+. The monoisotopic (exact) mass is 426 g/mol. The molecule has 3 aromatic rings. The maximum absolute atomic E-state index is 11.3. The number of amides is 1. The molecule has 0 unspecified atom stereocenters. The van der Waals surface area contributed by atoms with Crippen LogP contribution in [0.25, 0.3) is 11.3 Å². The van der Waals surface area contributed by atoms with Gasteiger partial charge in [-0.1, -0.05) is 42.5 Å². The fraction of sp³-hybridized carbons (Fsp3) is 0. The van der Waals surface area contributed by atoms with Crippen molar-refractivity contribution in [2.24, 2.45) is 22.2 Å². The number of benzene rings is 3. The zero-order chi connectivity index (χ0) is 22.9. The molecular formula is C25H24N5O2+. The molecule has 0 fully saturated rings. The van der Waals surface area contributed by atoms with Crippen LogP contribution < -0.4 is 27.3 Å². The molecule has 3 rings (SSSR count). The Morgan fingerprint density at radius 3 is 1.94 bits per heavy atom. The van der Waals surface area contributed by atoms with Crippen LogP contribution in [0.4, 0.5) is 0 Å². The minimum atomic E-state index is -0.503. The van der Waals surface area contributed by atoms with E-state index < -0.39 is 5.91 Å². The SMILES string of the molecule is N/C=C(/N=C/C(=C/C(N)=[NH2+])c1ccc(Oc2ccccc2)cc1)c1ccc(C(N)=O)cc1. The van der Waals surface area contributed by atoms with Crippen LogP contribution in [-0.4, -0.2) is 18.0 Å². The highest BCUT2D eigenvalue weighted by Crippen LogP contribution is 2.24. The molecule has 0 aliphatic carbocycles. The second kappa shape index (κ2) is 10.4. The van der Waals surface area contributed by atoms with Gasteiger partial charge in [-0.25, -0.2) is 0 Å². The first-order valence-electron chi connectivity index (χ1n) is 9.75. The van der Waals surface area contributed by atoms with Crippen molar-refractivity contribution < 1.29 is 14.9 Å². The van der Waals surface area contributed by atoms with Gasteiger partial charge in [0.15, 0.2) is 0 Å². The number of amidine groups is 1. The minimum Gasteiger partial charge on any atom is -0.457 e. The van der Waals surface area contributed by atoms with Gasteiger partial charge in [-0.3, -0.25) is 20.9 Å². The molecule has 0 bridgehead atoms. The van der Waals surface area contributed by atoms with Crippen LogP contribution in [0.5, 0.6) is 11.5 Å². The first-order chi connectivity index (χ1) is 15.5. The highest BCUT2D eigenvalue weighted by Gasteiger charge is 2.06. The number of carbonyl (C=O) groups excluding carboxylic acids is 1. The number of primary amides is 1. The topological polar surface area (TPSA) is 142 Å². The summed E-state index contributed by atoms with van der Waals surface area (Å²) in [5, 5.41) is 5.71. The first kappa shape index (κ1) is 22.0. The summed E-state index contributed by atoms with van der Waals surface area (Å²) in [6.45, 7) is 0. The maximum Gasteiger partial charge on any atom is 0.263 e. The molecule has 0 heterocycles. The third-order valence-electron chi connectivity index (χ3n) is 4.45. The van der Waals surface area contributed by atoms with E-state index in [2.05, 4.69) is 4.99 Å². The average molecular weight is 427 g/mol. The molecule has 0 saturated heterocycles. The summed E-state index contributed by atoms with van der Waals surface area (Å²) in [6, 6.07) is 23.6. The zero-order valence-electron chi connectivity index (χ0n) is 17.3. The van der Waals surface area contributed by atoms with Gasteiger partial charge in [0.2, 0.25) is 5.91 Å². The van der Waals surface area contributed by atoms with E-state index in [-0.39, 0.29) is 5.84 Å². The Balaban J connectivity index is 1.82. The van der Waals surface area contributed by atoms with E-state index in [1.807, 2.05) is 54.6 Å². The second-order valence-electron chi connectivity index (χ2n) is 6.79. The zero-order valence-corrected chi connectivity index (χ0v) is 17.3. The second-order valence-corrected chi connectivity index (χ2v) is 6.79. The minimum absolute atomic E-state index is 0.139. The molecular weight excluding hydrogens is 402 g/mol. The summed E-state index contributed by atoms with van der Waals surface area (Å²) in [5.74, 6) is 1.08. The Morgan fingerprint density at radius 1 is 0.812 bits per heavy atom. The summed E-state index contributed by atoms with van der Waals surface area (Å²) >= 11 is 0. The molecule has 1 amide bonds. The van der Waals surface area contributed by atoms with Crippen LogP contribution in [-0.2, 0) is 0 Å². The largest absolute Gasteiger partial charge is 0.457 e. The molecule has 0 aromatic heterocycles. The lowest BCUT2D eigenvalue weighted by Crippen LogP contribution is -2.44. The molecule has 0 aliphatic heterocycles. The van der Waals surface area contributed by atoms with Crippen LogP contribution in [0.3, 0.4) is 0 Å². The van der Waals surface area contributed by atoms with Gasteiger partial charge >= 0.3 is 0 Å². The number of hydrogen-bond donors (Lipinski definition) is 4. The number of nitrogens with two attached hydrogens (primary N) is 4. The molecule has 0 atom stereocenters. The summed E-state index contributed by atoms with van der Waals surface area (Å²) in [5.41, 5.74) is 19.9. The Hall–Kier alpha value is -4.65. The average Bonchev–Trinajstić information content (AvgIpc) is 2.80. The molecule has 0 aliphatic rings. The third-order valence-corrected chi connectivity index (χ3v) is 4.45. The van der Waals surface area contributed by atoms with E-state index >= 15 is 0 Å². The Bertz CT molecular complexity index is 1180. The highest BCUT2D eigenvalue weighted by molar-refractivity contribution is 6.16. The van der Waals surface area contributed by atoms with Crippen molar-refractivity contribution in [3.05, 3.63) is 108 Å². The van der Waals surface area contributed by atoms with Gasteiger partial charge in [0.05, 0.1) is 5.70 Å². The molecule has 160 valence electrons. The summed E-state index contributed by atoms with van der Waals surface area (Å²) in [4.78, 5) is 15.7. The van der Waals surface area contributed by atoms with Gasteiger partial charge in [-0.2, -0.15) is 0 Å². The molecule has 7 heteroatoms. The van der Waals surface area contributed by atoms with E-state index in [4.69, 9.17) is 27.3 Å². The lowest BCUT2D eigenvalue weighted by Gasteiger charge is -2.08. The number of allylic oxidation sites excluding steroid dienone is 1. The van der Waals surface area contributed by atoms with Crippen molar-refractivity contribution in [2.45, 2.75) is 0 Å². The van der Waals surface area contributed by atoms with Crippen molar-refractivity contribution in [3.8, 4) is 11.5 Å². The first-order valence-corrected chi connectivity index (χ1v) is 9.75. The predicted molar refractivity (Wildman–Crippen MR) is 128 cm³/mol. The van der Waals surface area contributed by atoms with Gasteiger partial charge in [-0.05, 0) is 42.0 Å². The van der Waals surface area contributed by atoms with Crippen LogP contribution in [0.1, 0.15) is 21.5 Å². The Labute approximate surface area is 186 Å². The highest BCUT2D eigenvalue weighted by atomic mass is 16.5. The smallest absolute Gasteiger partial charge is 0.263 e. The molecule has 0 radical (unpaired) electrons. The maximum atomic E-state index is 11.3. The fourth-order valence-electron chi connectivity index (χ4n) is 2.87. The quantitative estimate of drug-likeness (QED) is 0.323. The molecule has 8 N–H and O–H groups in total. The van der Waals surface area contributed by atoms with Crippen molar-refractivity contribution in [3.63, 3.8) is 0 Å². The Kier molecular flexibility index (Phi) is 7.16. The number of para-hydroxylation sites is 1. The molecule has 3 aromatic carbocycles. The number of hydrogen-bond acceptors (Lipinski definition) is 4. The van der Waals surface area contributed by atoms with E-state index in [1.54, 1.807) is 36.6 Å². The van der Waals surface area contributed by atoms with Crippen LogP contribution in [0, 0.1) is 0 Å². The molecule has 0 saturated carbocycles. The van der Waals surface area contributed by atoms with Crippen molar-refractivity contribution >= 4 is 29.2 Å². The van der Waals surface area contributed by atoms with Gasteiger partial charge in [0.25, 0.3) is 5.84 Å². The predicted octanol–water partition coefficient (Wildman–Crippen LogP) is 2.11. The summed E-state index contributed by atoms with van der Waals surface area (Å²) in [7, 11) is 0. The van der Waals surface area contributed by atoms with Crippen LogP contribution in [0.15, 0.2) is 96.1 Å². The van der Waals surface area contributed by atoms with Gasteiger partial charge in [0, 0.05) is 35.2 Å². The van der Waals surface area contributed by atoms with Crippen molar-refractivity contribution in [2.75, 3.05) is 0 Å². The number of carbonyl (C=O) groups is 1.